The molecule has 3 nitrogen and oxygen atoms in total. The Hall–Kier alpha value is -1.97. The van der Waals surface area contributed by atoms with Gasteiger partial charge >= 0.3 is 0 Å². The highest BCUT2D eigenvalue weighted by atomic mass is 15.0. The van der Waals surface area contributed by atoms with Crippen LogP contribution in [0.2, 0.25) is 0 Å². The number of nitrogens with two attached hydrogens (primary N) is 1. The molecule has 1 aromatic carbocycles. The number of benzene rings is 1. The van der Waals surface area contributed by atoms with Gasteiger partial charge in [-0.3, -0.25) is 4.98 Å². The van der Waals surface area contributed by atoms with Gasteiger partial charge in [0.2, 0.25) is 0 Å². The molecule has 1 fully saturated rings. The van der Waals surface area contributed by atoms with E-state index in [4.69, 9.17) is 5.73 Å². The van der Waals surface area contributed by atoms with E-state index < -0.39 is 0 Å². The van der Waals surface area contributed by atoms with Crippen LogP contribution in [-0.4, -0.2) is 11.0 Å². The minimum atomic E-state index is 0.500. The Morgan fingerprint density at radius 2 is 2.09 bits per heavy atom. The van der Waals surface area contributed by atoms with E-state index in [1.165, 1.54) is 17.5 Å². The third kappa shape index (κ3) is 4.06. The zero-order chi connectivity index (χ0) is 16.1. The van der Waals surface area contributed by atoms with Crippen LogP contribution in [0.3, 0.4) is 0 Å². The molecular weight excluding hydrogens is 282 g/mol. The van der Waals surface area contributed by atoms with Crippen LogP contribution in [0.1, 0.15) is 36.6 Å². The van der Waals surface area contributed by atoms with Gasteiger partial charge in [-0.2, -0.15) is 0 Å². The van der Waals surface area contributed by atoms with Crippen LogP contribution in [0.5, 0.6) is 0 Å². The fraction of sp³-hybridized carbons (Fsp3) is 0.350. The lowest BCUT2D eigenvalue weighted by atomic mass is 10.0. The van der Waals surface area contributed by atoms with Crippen molar-refractivity contribution in [2.75, 3.05) is 0 Å². The molecule has 1 aliphatic rings. The summed E-state index contributed by atoms with van der Waals surface area (Å²) < 4.78 is 0. The van der Waals surface area contributed by atoms with E-state index in [0.29, 0.717) is 18.5 Å². The minimum absolute atomic E-state index is 0.500. The van der Waals surface area contributed by atoms with Gasteiger partial charge in [0.1, 0.15) is 0 Å². The van der Waals surface area contributed by atoms with Crippen molar-refractivity contribution in [1.29, 1.82) is 0 Å². The first-order valence-corrected chi connectivity index (χ1v) is 8.43. The average molecular weight is 307 g/mol. The molecule has 0 spiro atoms. The lowest BCUT2D eigenvalue weighted by Gasteiger charge is -2.09. The fourth-order valence-electron chi connectivity index (χ4n) is 3.12. The number of nitrogens with zero attached hydrogens (tertiary/aromatic N) is 1. The molecule has 2 unspecified atom stereocenters. The Bertz CT molecular complexity index is 664. The number of aromatic nitrogens is 1. The van der Waals surface area contributed by atoms with Crippen molar-refractivity contribution in [2.24, 2.45) is 11.7 Å². The molecule has 3 heteroatoms. The molecule has 0 saturated heterocycles. The molecule has 3 rings (SSSR count). The lowest BCUT2D eigenvalue weighted by Crippen LogP contribution is -2.20. The maximum atomic E-state index is 5.76. The summed E-state index contributed by atoms with van der Waals surface area (Å²) in [4.78, 5) is 4.35. The van der Waals surface area contributed by atoms with E-state index in [2.05, 4.69) is 59.7 Å². The molecular formula is C20H25N3. The Morgan fingerprint density at radius 1 is 1.26 bits per heavy atom. The van der Waals surface area contributed by atoms with Crippen LogP contribution in [0.25, 0.3) is 6.08 Å². The van der Waals surface area contributed by atoms with Crippen LogP contribution >= 0.6 is 0 Å². The first-order valence-electron chi connectivity index (χ1n) is 8.43. The van der Waals surface area contributed by atoms with E-state index in [1.807, 2.05) is 12.3 Å². The Kier molecular flexibility index (Phi) is 5.21. The molecule has 3 N–H and O–H groups in total. The summed E-state index contributed by atoms with van der Waals surface area (Å²) in [6.07, 6.45) is 6.49. The van der Waals surface area contributed by atoms with E-state index in [9.17, 15) is 0 Å². The molecule has 0 radical (unpaired) electrons. The highest BCUT2D eigenvalue weighted by Gasteiger charge is 2.38. The van der Waals surface area contributed by atoms with Gasteiger partial charge in [-0.05, 0) is 36.0 Å². The molecule has 0 bridgehead atoms. The quantitative estimate of drug-likeness (QED) is 0.823. The third-order valence-corrected chi connectivity index (χ3v) is 4.56. The zero-order valence-electron chi connectivity index (χ0n) is 13.7. The summed E-state index contributed by atoms with van der Waals surface area (Å²) in [6.45, 7) is 3.60. The Balaban J connectivity index is 1.59. The van der Waals surface area contributed by atoms with Crippen molar-refractivity contribution in [2.45, 2.75) is 38.9 Å². The van der Waals surface area contributed by atoms with Gasteiger partial charge in [0.25, 0.3) is 0 Å². The molecule has 0 aliphatic heterocycles. The summed E-state index contributed by atoms with van der Waals surface area (Å²) in [5, 5.41) is 3.66. The lowest BCUT2D eigenvalue weighted by molar-refractivity contribution is 0.648. The van der Waals surface area contributed by atoms with Crippen molar-refractivity contribution in [1.82, 2.24) is 10.3 Å². The van der Waals surface area contributed by atoms with Gasteiger partial charge in [-0.25, -0.2) is 0 Å². The predicted molar refractivity (Wildman–Crippen MR) is 95.6 cm³/mol. The summed E-state index contributed by atoms with van der Waals surface area (Å²) in [7, 11) is 0. The van der Waals surface area contributed by atoms with Crippen molar-refractivity contribution in [3.63, 3.8) is 0 Å². The molecule has 2 atom stereocenters. The molecule has 1 aromatic heterocycles. The average Bonchev–Trinajstić information content (AvgIpc) is 3.38. The van der Waals surface area contributed by atoms with E-state index >= 15 is 0 Å². The van der Waals surface area contributed by atoms with Crippen molar-refractivity contribution in [3.05, 3.63) is 71.1 Å². The molecule has 120 valence electrons. The van der Waals surface area contributed by atoms with Crippen LogP contribution < -0.4 is 11.1 Å². The summed E-state index contributed by atoms with van der Waals surface area (Å²) in [5.74, 6) is 0.665. The third-order valence-electron chi connectivity index (χ3n) is 4.56. The van der Waals surface area contributed by atoms with Gasteiger partial charge in [-0.1, -0.05) is 55.0 Å². The second kappa shape index (κ2) is 7.53. The van der Waals surface area contributed by atoms with Crippen LogP contribution in [0, 0.1) is 5.92 Å². The monoisotopic (exact) mass is 307 g/mol. The highest BCUT2D eigenvalue weighted by Crippen LogP contribution is 2.39. The van der Waals surface area contributed by atoms with Gasteiger partial charge in [-0.15, -0.1) is 0 Å². The number of hydrogen-bond donors (Lipinski definition) is 2. The normalized spacial score (nSPS) is 20.5. The fourth-order valence-corrected chi connectivity index (χ4v) is 3.12. The van der Waals surface area contributed by atoms with Gasteiger partial charge in [0, 0.05) is 25.3 Å². The molecule has 1 saturated carbocycles. The van der Waals surface area contributed by atoms with Crippen LogP contribution in [-0.2, 0) is 13.1 Å². The van der Waals surface area contributed by atoms with Crippen LogP contribution in [0.15, 0.2) is 54.2 Å². The van der Waals surface area contributed by atoms with Crippen molar-refractivity contribution < 1.29 is 0 Å². The van der Waals surface area contributed by atoms with Gasteiger partial charge < -0.3 is 11.1 Å². The second-order valence-corrected chi connectivity index (χ2v) is 6.13. The first kappa shape index (κ1) is 15.9. The summed E-state index contributed by atoms with van der Waals surface area (Å²) >= 11 is 0. The maximum Gasteiger partial charge on any atom is 0.0584 e. The van der Waals surface area contributed by atoms with E-state index in [1.54, 1.807) is 5.57 Å². The Morgan fingerprint density at radius 3 is 2.83 bits per heavy atom. The molecule has 0 amide bonds. The van der Waals surface area contributed by atoms with Crippen LogP contribution in [0.4, 0.5) is 0 Å². The molecule has 1 heterocycles. The Labute approximate surface area is 138 Å². The van der Waals surface area contributed by atoms with Gasteiger partial charge in [0.15, 0.2) is 0 Å². The van der Waals surface area contributed by atoms with E-state index in [-0.39, 0.29) is 0 Å². The zero-order valence-corrected chi connectivity index (χ0v) is 13.7. The number of nitrogens with one attached hydrogen (secondary N) is 1. The van der Waals surface area contributed by atoms with E-state index in [0.717, 1.165) is 18.7 Å². The minimum Gasteiger partial charge on any atom is -0.325 e. The molecule has 23 heavy (non-hydrogen) atoms. The highest BCUT2D eigenvalue weighted by molar-refractivity contribution is 5.54. The standard InChI is InChI=1S/C20H25N3/c1-2-16(11-15-7-4-3-5-8-15)18-12-19(18)23-14-17-9-6-10-22-20(17)13-21/h3-11,18-19,23H,2,12-14,21H2,1H3/b16-11+. The smallest absolute Gasteiger partial charge is 0.0584 e. The second-order valence-electron chi connectivity index (χ2n) is 6.13. The maximum absolute atomic E-state index is 5.76. The SMILES string of the molecule is CC/C(=C\c1ccccc1)C1CC1NCc1cccnc1CN. The summed E-state index contributed by atoms with van der Waals surface area (Å²) in [6, 6.07) is 15.3. The summed E-state index contributed by atoms with van der Waals surface area (Å²) in [5.41, 5.74) is 10.8. The first-order chi connectivity index (χ1) is 11.3. The van der Waals surface area contributed by atoms with Crippen molar-refractivity contribution in [3.8, 4) is 0 Å². The number of rotatable bonds is 7. The number of hydrogen-bond acceptors (Lipinski definition) is 3. The largest absolute Gasteiger partial charge is 0.325 e. The molecule has 1 aliphatic carbocycles. The van der Waals surface area contributed by atoms with Crippen molar-refractivity contribution >= 4 is 6.08 Å². The predicted octanol–water partition coefficient (Wildman–Crippen LogP) is 3.51. The topological polar surface area (TPSA) is 50.9 Å². The molecule has 2 aromatic rings. The van der Waals surface area contributed by atoms with Gasteiger partial charge in [0.05, 0.1) is 5.69 Å². The number of pyridine rings is 1.